The zero-order valence-corrected chi connectivity index (χ0v) is 13.3. The first-order chi connectivity index (χ1) is 11.0. The van der Waals surface area contributed by atoms with Crippen LogP contribution in [0.15, 0.2) is 36.7 Å². The van der Waals surface area contributed by atoms with E-state index >= 15 is 0 Å². The third-order valence-electron chi connectivity index (χ3n) is 3.28. The standard InChI is InChI=1S/C17H21FN4O/c1-12(2)7-8-19-17(23)15-10-22-16(11-20-15)21-9-13-3-5-14(18)6-4-13/h3-6,10-12H,7-9H2,1-2H3,(H,19,23)(H,21,22). The van der Waals surface area contributed by atoms with Gasteiger partial charge in [-0.25, -0.2) is 14.4 Å². The van der Waals surface area contributed by atoms with Crippen LogP contribution in [-0.4, -0.2) is 22.4 Å². The van der Waals surface area contributed by atoms with Gasteiger partial charge in [-0.05, 0) is 30.0 Å². The summed E-state index contributed by atoms with van der Waals surface area (Å²) >= 11 is 0. The molecule has 1 heterocycles. The summed E-state index contributed by atoms with van der Waals surface area (Å²) in [7, 11) is 0. The van der Waals surface area contributed by atoms with E-state index in [4.69, 9.17) is 0 Å². The molecule has 23 heavy (non-hydrogen) atoms. The highest BCUT2D eigenvalue weighted by Crippen LogP contribution is 2.07. The number of nitrogens with zero attached hydrogens (tertiary/aromatic N) is 2. The summed E-state index contributed by atoms with van der Waals surface area (Å²) in [5, 5.41) is 5.89. The monoisotopic (exact) mass is 316 g/mol. The van der Waals surface area contributed by atoms with Crippen molar-refractivity contribution < 1.29 is 9.18 Å². The first kappa shape index (κ1) is 16.9. The summed E-state index contributed by atoms with van der Waals surface area (Å²) in [4.78, 5) is 20.2. The van der Waals surface area contributed by atoms with Crippen LogP contribution in [0.2, 0.25) is 0 Å². The molecule has 0 atom stereocenters. The lowest BCUT2D eigenvalue weighted by atomic mass is 10.1. The molecule has 0 bridgehead atoms. The number of halogens is 1. The summed E-state index contributed by atoms with van der Waals surface area (Å²) in [6.45, 7) is 5.35. The van der Waals surface area contributed by atoms with Crippen LogP contribution in [0, 0.1) is 11.7 Å². The second-order valence-electron chi connectivity index (χ2n) is 5.71. The van der Waals surface area contributed by atoms with Gasteiger partial charge in [0.1, 0.15) is 17.3 Å². The fourth-order valence-corrected chi connectivity index (χ4v) is 1.90. The maximum absolute atomic E-state index is 12.8. The second kappa shape index (κ2) is 8.22. The Hall–Kier alpha value is -2.50. The van der Waals surface area contributed by atoms with Gasteiger partial charge in [0.15, 0.2) is 0 Å². The molecule has 0 unspecified atom stereocenters. The summed E-state index contributed by atoms with van der Waals surface area (Å²) in [6, 6.07) is 6.22. The van der Waals surface area contributed by atoms with Crippen molar-refractivity contribution in [2.75, 3.05) is 11.9 Å². The minimum absolute atomic E-state index is 0.219. The van der Waals surface area contributed by atoms with Gasteiger partial charge < -0.3 is 10.6 Å². The van der Waals surface area contributed by atoms with Crippen molar-refractivity contribution in [3.05, 3.63) is 53.7 Å². The van der Waals surface area contributed by atoms with Gasteiger partial charge in [-0.3, -0.25) is 4.79 Å². The van der Waals surface area contributed by atoms with Gasteiger partial charge in [-0.1, -0.05) is 26.0 Å². The van der Waals surface area contributed by atoms with E-state index in [0.717, 1.165) is 12.0 Å². The molecule has 0 spiro atoms. The number of carbonyl (C=O) groups excluding carboxylic acids is 1. The van der Waals surface area contributed by atoms with Gasteiger partial charge >= 0.3 is 0 Å². The Kier molecular flexibility index (Phi) is 6.02. The first-order valence-corrected chi connectivity index (χ1v) is 7.63. The van der Waals surface area contributed by atoms with Crippen LogP contribution in [0.4, 0.5) is 10.2 Å². The van der Waals surface area contributed by atoms with E-state index in [1.165, 1.54) is 24.5 Å². The van der Waals surface area contributed by atoms with E-state index in [0.29, 0.717) is 30.5 Å². The molecule has 0 aliphatic rings. The average molecular weight is 316 g/mol. The molecule has 2 rings (SSSR count). The van der Waals surface area contributed by atoms with Crippen LogP contribution in [0.1, 0.15) is 36.3 Å². The van der Waals surface area contributed by atoms with Gasteiger partial charge in [0, 0.05) is 13.1 Å². The predicted molar refractivity (Wildman–Crippen MR) is 87.5 cm³/mol. The Morgan fingerprint density at radius 3 is 2.52 bits per heavy atom. The van der Waals surface area contributed by atoms with E-state index in [-0.39, 0.29) is 11.7 Å². The van der Waals surface area contributed by atoms with Gasteiger partial charge in [0.2, 0.25) is 0 Å². The molecular weight excluding hydrogens is 295 g/mol. The molecule has 1 amide bonds. The molecule has 0 aliphatic heterocycles. The van der Waals surface area contributed by atoms with Crippen LogP contribution in [0.25, 0.3) is 0 Å². The van der Waals surface area contributed by atoms with Crippen molar-refractivity contribution in [1.29, 1.82) is 0 Å². The maximum Gasteiger partial charge on any atom is 0.271 e. The summed E-state index contributed by atoms with van der Waals surface area (Å²) in [5.41, 5.74) is 1.23. The van der Waals surface area contributed by atoms with Crippen molar-refractivity contribution in [2.45, 2.75) is 26.8 Å². The molecule has 5 nitrogen and oxygen atoms in total. The smallest absolute Gasteiger partial charge is 0.271 e. The number of nitrogens with one attached hydrogen (secondary N) is 2. The van der Waals surface area contributed by atoms with Crippen molar-refractivity contribution in [2.24, 2.45) is 5.92 Å². The van der Waals surface area contributed by atoms with Gasteiger partial charge in [-0.2, -0.15) is 0 Å². The molecular formula is C17H21FN4O. The predicted octanol–water partition coefficient (Wildman–Crippen LogP) is 3.00. The van der Waals surface area contributed by atoms with Gasteiger partial charge in [-0.15, -0.1) is 0 Å². The summed E-state index contributed by atoms with van der Waals surface area (Å²) in [6.07, 6.45) is 3.88. The molecule has 0 aliphatic carbocycles. The number of carbonyl (C=O) groups is 1. The fourth-order valence-electron chi connectivity index (χ4n) is 1.90. The molecule has 0 saturated heterocycles. The molecule has 0 saturated carbocycles. The number of hydrogen-bond donors (Lipinski definition) is 2. The van der Waals surface area contributed by atoms with Crippen LogP contribution in [-0.2, 0) is 6.54 Å². The lowest BCUT2D eigenvalue weighted by molar-refractivity contribution is 0.0946. The molecule has 1 aromatic heterocycles. The Morgan fingerprint density at radius 1 is 1.17 bits per heavy atom. The third kappa shape index (κ3) is 5.65. The number of rotatable bonds is 7. The maximum atomic E-state index is 12.8. The van der Waals surface area contributed by atoms with Crippen molar-refractivity contribution >= 4 is 11.7 Å². The highest BCUT2D eigenvalue weighted by molar-refractivity contribution is 5.91. The quantitative estimate of drug-likeness (QED) is 0.824. The van der Waals surface area contributed by atoms with Crippen LogP contribution >= 0.6 is 0 Å². The number of aromatic nitrogens is 2. The zero-order chi connectivity index (χ0) is 16.7. The molecule has 122 valence electrons. The normalized spacial score (nSPS) is 10.6. The Balaban J connectivity index is 1.84. The molecule has 2 aromatic rings. The molecule has 2 N–H and O–H groups in total. The molecule has 0 radical (unpaired) electrons. The number of amides is 1. The fraction of sp³-hybridized carbons (Fsp3) is 0.353. The van der Waals surface area contributed by atoms with Crippen molar-refractivity contribution in [3.8, 4) is 0 Å². The average Bonchev–Trinajstić information content (AvgIpc) is 2.54. The lowest BCUT2D eigenvalue weighted by Gasteiger charge is -2.08. The Labute approximate surface area is 135 Å². The van der Waals surface area contributed by atoms with Crippen molar-refractivity contribution in [1.82, 2.24) is 15.3 Å². The van der Waals surface area contributed by atoms with Gasteiger partial charge in [0.25, 0.3) is 5.91 Å². The number of hydrogen-bond acceptors (Lipinski definition) is 4. The van der Waals surface area contributed by atoms with Crippen LogP contribution in [0.5, 0.6) is 0 Å². The number of anilines is 1. The SMILES string of the molecule is CC(C)CCNC(=O)c1cnc(NCc2ccc(F)cc2)cn1. The largest absolute Gasteiger partial charge is 0.365 e. The van der Waals surface area contributed by atoms with E-state index in [9.17, 15) is 9.18 Å². The minimum Gasteiger partial charge on any atom is -0.365 e. The van der Waals surface area contributed by atoms with E-state index in [1.54, 1.807) is 12.1 Å². The topological polar surface area (TPSA) is 66.9 Å². The van der Waals surface area contributed by atoms with E-state index < -0.39 is 0 Å². The van der Waals surface area contributed by atoms with Gasteiger partial charge in [0.05, 0.1) is 12.4 Å². The highest BCUT2D eigenvalue weighted by Gasteiger charge is 2.07. The van der Waals surface area contributed by atoms with Crippen LogP contribution in [0.3, 0.4) is 0 Å². The molecule has 0 fully saturated rings. The Bertz CT molecular complexity index is 626. The van der Waals surface area contributed by atoms with E-state index in [1.807, 2.05) is 0 Å². The van der Waals surface area contributed by atoms with Crippen molar-refractivity contribution in [3.63, 3.8) is 0 Å². The lowest BCUT2D eigenvalue weighted by Crippen LogP contribution is -2.26. The highest BCUT2D eigenvalue weighted by atomic mass is 19.1. The second-order valence-corrected chi connectivity index (χ2v) is 5.71. The third-order valence-corrected chi connectivity index (χ3v) is 3.28. The molecule has 1 aromatic carbocycles. The number of benzene rings is 1. The molecule has 6 heteroatoms. The summed E-state index contributed by atoms with van der Waals surface area (Å²) in [5.74, 6) is 0.622. The summed E-state index contributed by atoms with van der Waals surface area (Å²) < 4.78 is 12.8. The Morgan fingerprint density at radius 2 is 1.91 bits per heavy atom. The minimum atomic E-state index is -0.263. The first-order valence-electron chi connectivity index (χ1n) is 7.63. The zero-order valence-electron chi connectivity index (χ0n) is 13.3. The van der Waals surface area contributed by atoms with E-state index in [2.05, 4.69) is 34.4 Å². The van der Waals surface area contributed by atoms with Crippen LogP contribution < -0.4 is 10.6 Å².